The number of aromatic nitrogens is 2. The minimum absolute atomic E-state index is 0.0588. The summed E-state index contributed by atoms with van der Waals surface area (Å²) in [5.74, 6) is 0.0588. The van der Waals surface area contributed by atoms with Crippen LogP contribution in [0.3, 0.4) is 0 Å². The fourth-order valence-corrected chi connectivity index (χ4v) is 2.96. The van der Waals surface area contributed by atoms with Crippen molar-refractivity contribution >= 4 is 17.2 Å². The van der Waals surface area contributed by atoms with Gasteiger partial charge >= 0.3 is 0 Å². The Kier molecular flexibility index (Phi) is 3.35. The predicted octanol–water partition coefficient (Wildman–Crippen LogP) is 1.99. The second-order valence-electron chi connectivity index (χ2n) is 4.57. The van der Waals surface area contributed by atoms with Crippen LogP contribution in [-0.2, 0) is 4.74 Å². The van der Waals surface area contributed by atoms with Crippen molar-refractivity contribution < 1.29 is 9.53 Å². The Morgan fingerprint density at radius 2 is 2.53 bits per heavy atom. The number of nitrogens with zero attached hydrogens (tertiary/aromatic N) is 2. The number of thiophene rings is 1. The Bertz CT molecular complexity index is 564. The number of amides is 1. The van der Waals surface area contributed by atoms with Gasteiger partial charge in [0.25, 0.3) is 5.91 Å². The molecule has 0 aliphatic carbocycles. The minimum atomic E-state index is -0.0800. The van der Waals surface area contributed by atoms with Crippen LogP contribution in [0, 0.1) is 6.92 Å². The first kappa shape index (κ1) is 12.4. The van der Waals surface area contributed by atoms with Crippen molar-refractivity contribution in [2.24, 2.45) is 0 Å². The second kappa shape index (κ2) is 5.14. The van der Waals surface area contributed by atoms with Gasteiger partial charge in [0.1, 0.15) is 0 Å². The van der Waals surface area contributed by atoms with Crippen LogP contribution in [0.4, 0.5) is 0 Å². The molecule has 1 N–H and O–H groups in total. The fraction of sp³-hybridized carbons (Fsp3) is 0.385. The molecule has 0 unspecified atom stereocenters. The highest BCUT2D eigenvalue weighted by Gasteiger charge is 2.31. The number of aromatic amines is 1. The van der Waals surface area contributed by atoms with Gasteiger partial charge in [0, 0.05) is 11.9 Å². The van der Waals surface area contributed by atoms with Crippen molar-refractivity contribution in [2.75, 3.05) is 19.8 Å². The van der Waals surface area contributed by atoms with Crippen LogP contribution in [-0.4, -0.2) is 40.8 Å². The Balaban J connectivity index is 1.90. The highest BCUT2D eigenvalue weighted by atomic mass is 32.1. The van der Waals surface area contributed by atoms with Gasteiger partial charge in [0.05, 0.1) is 36.7 Å². The molecule has 1 atom stereocenters. The highest BCUT2D eigenvalue weighted by molar-refractivity contribution is 7.08. The fourth-order valence-electron chi connectivity index (χ4n) is 2.33. The Morgan fingerprint density at radius 1 is 1.63 bits per heavy atom. The van der Waals surface area contributed by atoms with Gasteiger partial charge in [0.15, 0.2) is 0 Å². The van der Waals surface area contributed by atoms with Crippen molar-refractivity contribution in [1.29, 1.82) is 0 Å². The first-order valence-electron chi connectivity index (χ1n) is 6.18. The molecule has 6 heteroatoms. The molecule has 0 radical (unpaired) electrons. The Hall–Kier alpha value is -1.66. The van der Waals surface area contributed by atoms with E-state index in [1.807, 2.05) is 28.7 Å². The van der Waals surface area contributed by atoms with Gasteiger partial charge in [-0.15, -0.1) is 0 Å². The highest BCUT2D eigenvalue weighted by Crippen LogP contribution is 2.26. The van der Waals surface area contributed by atoms with Crippen LogP contribution in [0.1, 0.15) is 27.7 Å². The summed E-state index contributed by atoms with van der Waals surface area (Å²) in [5.41, 5.74) is 2.76. The Morgan fingerprint density at radius 3 is 3.21 bits per heavy atom. The summed E-state index contributed by atoms with van der Waals surface area (Å²) in [5, 5.41) is 10.8. The van der Waals surface area contributed by atoms with Crippen molar-refractivity contribution in [3.63, 3.8) is 0 Å². The van der Waals surface area contributed by atoms with Crippen LogP contribution in [0.5, 0.6) is 0 Å². The molecule has 1 saturated heterocycles. The number of rotatable bonds is 2. The summed E-state index contributed by atoms with van der Waals surface area (Å²) in [6, 6.07) is 1.78. The number of carbonyl (C=O) groups is 1. The smallest absolute Gasteiger partial charge is 0.255 e. The SMILES string of the molecule is Cc1cn[nH]c1[C@H]1COCCN1C(=O)c1ccsc1. The lowest BCUT2D eigenvalue weighted by Gasteiger charge is -2.35. The lowest BCUT2D eigenvalue weighted by molar-refractivity contribution is -0.00404. The topological polar surface area (TPSA) is 58.2 Å². The molecule has 19 heavy (non-hydrogen) atoms. The van der Waals surface area contributed by atoms with Gasteiger partial charge in [-0.05, 0) is 23.9 Å². The normalized spacial score (nSPS) is 19.6. The first-order valence-corrected chi connectivity index (χ1v) is 7.12. The number of morpholine rings is 1. The predicted molar refractivity (Wildman–Crippen MR) is 72.2 cm³/mol. The standard InChI is InChI=1S/C13H15N3O2S/c1-9-6-14-15-12(9)11-7-18-4-3-16(11)13(17)10-2-5-19-8-10/h2,5-6,8,11H,3-4,7H2,1H3,(H,14,15)/t11-/m1/s1. The number of ether oxygens (including phenoxy) is 1. The van der Waals surface area contributed by atoms with E-state index in [1.165, 1.54) is 11.3 Å². The maximum absolute atomic E-state index is 12.5. The van der Waals surface area contributed by atoms with Crippen LogP contribution in [0.15, 0.2) is 23.0 Å². The van der Waals surface area contributed by atoms with Crippen LogP contribution in [0.2, 0.25) is 0 Å². The summed E-state index contributed by atoms with van der Waals surface area (Å²) in [6.45, 7) is 3.69. The van der Waals surface area contributed by atoms with Crippen molar-refractivity contribution in [3.05, 3.63) is 39.8 Å². The first-order chi connectivity index (χ1) is 9.27. The van der Waals surface area contributed by atoms with E-state index in [0.717, 1.165) is 16.8 Å². The third kappa shape index (κ3) is 2.29. The monoisotopic (exact) mass is 277 g/mol. The third-order valence-corrected chi connectivity index (χ3v) is 4.04. The minimum Gasteiger partial charge on any atom is -0.377 e. The molecule has 5 nitrogen and oxygen atoms in total. The molecule has 0 bridgehead atoms. The van der Waals surface area contributed by atoms with E-state index in [1.54, 1.807) is 6.20 Å². The van der Waals surface area contributed by atoms with Gasteiger partial charge in [-0.3, -0.25) is 9.89 Å². The molecule has 0 aromatic carbocycles. The molecule has 1 aliphatic rings. The van der Waals surface area contributed by atoms with Gasteiger partial charge in [-0.1, -0.05) is 0 Å². The Labute approximate surface area is 115 Å². The zero-order chi connectivity index (χ0) is 13.2. The van der Waals surface area contributed by atoms with E-state index in [-0.39, 0.29) is 11.9 Å². The summed E-state index contributed by atoms with van der Waals surface area (Å²) >= 11 is 1.53. The van der Waals surface area contributed by atoms with Crippen molar-refractivity contribution in [2.45, 2.75) is 13.0 Å². The molecule has 1 fully saturated rings. The third-order valence-electron chi connectivity index (χ3n) is 3.36. The molecule has 3 rings (SSSR count). The largest absolute Gasteiger partial charge is 0.377 e. The molecule has 0 spiro atoms. The van der Waals surface area contributed by atoms with Crippen LogP contribution < -0.4 is 0 Å². The number of carbonyl (C=O) groups excluding carboxylic acids is 1. The maximum Gasteiger partial charge on any atom is 0.255 e. The molecule has 1 aliphatic heterocycles. The van der Waals surface area contributed by atoms with Gasteiger partial charge in [-0.25, -0.2) is 0 Å². The molecule has 100 valence electrons. The van der Waals surface area contributed by atoms with Gasteiger partial charge in [-0.2, -0.15) is 16.4 Å². The average molecular weight is 277 g/mol. The lowest BCUT2D eigenvalue weighted by atomic mass is 10.1. The molecule has 2 aromatic rings. The van der Waals surface area contributed by atoms with E-state index in [4.69, 9.17) is 4.74 Å². The van der Waals surface area contributed by atoms with E-state index in [2.05, 4.69) is 10.2 Å². The van der Waals surface area contributed by atoms with Gasteiger partial charge in [0.2, 0.25) is 0 Å². The lowest BCUT2D eigenvalue weighted by Crippen LogP contribution is -2.43. The summed E-state index contributed by atoms with van der Waals surface area (Å²) < 4.78 is 5.52. The molecule has 1 amide bonds. The summed E-state index contributed by atoms with van der Waals surface area (Å²) in [6.07, 6.45) is 1.77. The van der Waals surface area contributed by atoms with E-state index < -0.39 is 0 Å². The van der Waals surface area contributed by atoms with Crippen molar-refractivity contribution in [1.82, 2.24) is 15.1 Å². The number of aryl methyl sites for hydroxylation is 1. The second-order valence-corrected chi connectivity index (χ2v) is 5.35. The molecular formula is C13H15N3O2S. The quantitative estimate of drug-likeness (QED) is 0.913. The van der Waals surface area contributed by atoms with Crippen molar-refractivity contribution in [3.8, 4) is 0 Å². The molecule has 0 saturated carbocycles. The van der Waals surface area contributed by atoms with E-state index >= 15 is 0 Å². The number of hydrogen-bond donors (Lipinski definition) is 1. The van der Waals surface area contributed by atoms with Gasteiger partial charge < -0.3 is 9.64 Å². The van der Waals surface area contributed by atoms with Crippen LogP contribution >= 0.6 is 11.3 Å². The number of H-pyrrole nitrogens is 1. The zero-order valence-corrected chi connectivity index (χ0v) is 11.4. The maximum atomic E-state index is 12.5. The zero-order valence-electron chi connectivity index (χ0n) is 10.6. The summed E-state index contributed by atoms with van der Waals surface area (Å²) in [4.78, 5) is 14.4. The summed E-state index contributed by atoms with van der Waals surface area (Å²) in [7, 11) is 0. The molecule has 3 heterocycles. The number of hydrogen-bond acceptors (Lipinski definition) is 4. The molecule has 2 aromatic heterocycles. The number of nitrogens with one attached hydrogen (secondary N) is 1. The van der Waals surface area contributed by atoms with E-state index in [0.29, 0.717) is 19.8 Å². The van der Waals surface area contributed by atoms with E-state index in [9.17, 15) is 4.79 Å². The molecular weight excluding hydrogens is 262 g/mol. The average Bonchev–Trinajstić information content (AvgIpc) is 3.09. The van der Waals surface area contributed by atoms with Crippen LogP contribution in [0.25, 0.3) is 0 Å².